The molecule has 1 amide bonds. The van der Waals surface area contributed by atoms with Gasteiger partial charge >= 0.3 is 0 Å². The number of aromatic amines is 1. The van der Waals surface area contributed by atoms with E-state index in [-0.39, 0.29) is 11.9 Å². The van der Waals surface area contributed by atoms with Gasteiger partial charge in [0.15, 0.2) is 0 Å². The summed E-state index contributed by atoms with van der Waals surface area (Å²) in [6, 6.07) is 1.75. The van der Waals surface area contributed by atoms with Crippen LogP contribution < -0.4 is 5.32 Å². The van der Waals surface area contributed by atoms with E-state index in [0.29, 0.717) is 4.88 Å². The number of aryl methyl sites for hydroxylation is 1. The Morgan fingerprint density at radius 3 is 2.94 bits per heavy atom. The molecule has 1 unspecified atom stereocenters. The van der Waals surface area contributed by atoms with Crippen molar-refractivity contribution in [3.8, 4) is 0 Å². The highest BCUT2D eigenvalue weighted by molar-refractivity contribution is 9.11. The van der Waals surface area contributed by atoms with E-state index in [9.17, 15) is 4.79 Å². The van der Waals surface area contributed by atoms with Gasteiger partial charge in [-0.25, -0.2) is 4.98 Å². The molecule has 2 heterocycles. The second-order valence-electron chi connectivity index (χ2n) is 3.74. The number of rotatable bonds is 3. The fourth-order valence-electron chi connectivity index (χ4n) is 1.42. The average molecular weight is 314 g/mol. The Kier molecular flexibility index (Phi) is 3.63. The molecule has 90 valence electrons. The zero-order valence-electron chi connectivity index (χ0n) is 9.45. The SMILES string of the molecule is Cc1cc(C(=O)NC(C)c2ncc[nH]2)sc1Br. The summed E-state index contributed by atoms with van der Waals surface area (Å²) in [6.45, 7) is 3.86. The number of H-pyrrole nitrogens is 1. The van der Waals surface area contributed by atoms with Crippen molar-refractivity contribution in [1.29, 1.82) is 0 Å². The molecule has 2 aromatic rings. The van der Waals surface area contributed by atoms with Gasteiger partial charge in [0.25, 0.3) is 5.91 Å². The number of aromatic nitrogens is 2. The van der Waals surface area contributed by atoms with E-state index in [1.165, 1.54) is 11.3 Å². The number of hydrogen-bond donors (Lipinski definition) is 2. The first kappa shape index (κ1) is 12.3. The molecule has 17 heavy (non-hydrogen) atoms. The van der Waals surface area contributed by atoms with Crippen LogP contribution in [0.2, 0.25) is 0 Å². The number of thiophene rings is 1. The predicted molar refractivity (Wildman–Crippen MR) is 71.2 cm³/mol. The zero-order chi connectivity index (χ0) is 12.4. The Hall–Kier alpha value is -1.14. The largest absolute Gasteiger partial charge is 0.347 e. The number of hydrogen-bond acceptors (Lipinski definition) is 3. The highest BCUT2D eigenvalue weighted by Gasteiger charge is 2.15. The van der Waals surface area contributed by atoms with Crippen LogP contribution in [0.4, 0.5) is 0 Å². The topological polar surface area (TPSA) is 57.8 Å². The highest BCUT2D eigenvalue weighted by Crippen LogP contribution is 2.27. The molecule has 0 aliphatic rings. The van der Waals surface area contributed by atoms with Gasteiger partial charge in [-0.1, -0.05) is 0 Å². The summed E-state index contributed by atoms with van der Waals surface area (Å²) >= 11 is 4.85. The Morgan fingerprint density at radius 1 is 1.65 bits per heavy atom. The van der Waals surface area contributed by atoms with Gasteiger partial charge in [0.1, 0.15) is 5.82 Å². The first-order valence-corrected chi connectivity index (χ1v) is 6.75. The maximum absolute atomic E-state index is 12.0. The lowest BCUT2D eigenvalue weighted by Gasteiger charge is -2.10. The Morgan fingerprint density at radius 2 is 2.41 bits per heavy atom. The van der Waals surface area contributed by atoms with Crippen LogP contribution in [0.1, 0.15) is 34.0 Å². The molecule has 0 saturated heterocycles. The molecule has 0 bridgehead atoms. The monoisotopic (exact) mass is 313 g/mol. The van der Waals surface area contributed by atoms with Crippen LogP contribution in [0.5, 0.6) is 0 Å². The summed E-state index contributed by atoms with van der Waals surface area (Å²) in [4.78, 5) is 19.7. The van der Waals surface area contributed by atoms with Gasteiger partial charge < -0.3 is 10.3 Å². The Bertz CT molecular complexity index is 501. The number of amides is 1. The van der Waals surface area contributed by atoms with Crippen LogP contribution in [0.15, 0.2) is 22.2 Å². The van der Waals surface area contributed by atoms with Crippen molar-refractivity contribution in [3.63, 3.8) is 0 Å². The molecule has 1 atom stereocenters. The fraction of sp³-hybridized carbons (Fsp3) is 0.273. The summed E-state index contributed by atoms with van der Waals surface area (Å²) in [5, 5.41) is 2.90. The number of carbonyl (C=O) groups excluding carboxylic acids is 1. The smallest absolute Gasteiger partial charge is 0.261 e. The standard InChI is InChI=1S/C11H12BrN3OS/c1-6-5-8(17-9(6)12)11(16)15-7(2)10-13-3-4-14-10/h3-5,7H,1-2H3,(H,13,14)(H,15,16). The van der Waals surface area contributed by atoms with Gasteiger partial charge in [-0.3, -0.25) is 4.79 Å². The fourth-order valence-corrected chi connectivity index (χ4v) is 2.86. The van der Waals surface area contributed by atoms with Crippen molar-refractivity contribution in [1.82, 2.24) is 15.3 Å². The summed E-state index contributed by atoms with van der Waals surface area (Å²) < 4.78 is 0.994. The zero-order valence-corrected chi connectivity index (χ0v) is 11.9. The van der Waals surface area contributed by atoms with E-state index in [1.807, 2.05) is 19.9 Å². The second-order valence-corrected chi connectivity index (χ2v) is 6.11. The van der Waals surface area contributed by atoms with E-state index in [2.05, 4.69) is 31.2 Å². The predicted octanol–water partition coefficient (Wildman–Crippen LogP) is 3.03. The van der Waals surface area contributed by atoms with Crippen LogP contribution in [0, 0.1) is 6.92 Å². The van der Waals surface area contributed by atoms with Gasteiger partial charge in [-0.15, -0.1) is 11.3 Å². The van der Waals surface area contributed by atoms with Crippen LogP contribution in [0.25, 0.3) is 0 Å². The van der Waals surface area contributed by atoms with Crippen LogP contribution >= 0.6 is 27.3 Å². The molecular formula is C11H12BrN3OS. The molecule has 6 heteroatoms. The first-order valence-electron chi connectivity index (χ1n) is 5.14. The molecule has 0 aromatic carbocycles. The van der Waals surface area contributed by atoms with Crippen LogP contribution in [-0.4, -0.2) is 15.9 Å². The van der Waals surface area contributed by atoms with Gasteiger partial charge in [0.2, 0.25) is 0 Å². The molecule has 2 aromatic heterocycles. The van der Waals surface area contributed by atoms with Crippen LogP contribution in [-0.2, 0) is 0 Å². The maximum atomic E-state index is 12.0. The third-order valence-corrected chi connectivity index (χ3v) is 4.49. The molecule has 0 radical (unpaired) electrons. The van der Waals surface area contributed by atoms with E-state index >= 15 is 0 Å². The summed E-state index contributed by atoms with van der Waals surface area (Å²) in [7, 11) is 0. The molecule has 0 saturated carbocycles. The lowest BCUT2D eigenvalue weighted by Crippen LogP contribution is -2.26. The molecule has 4 nitrogen and oxygen atoms in total. The quantitative estimate of drug-likeness (QED) is 0.915. The number of nitrogens with zero attached hydrogens (tertiary/aromatic N) is 1. The molecule has 0 spiro atoms. The number of halogens is 1. The van der Waals surface area contributed by atoms with E-state index < -0.39 is 0 Å². The highest BCUT2D eigenvalue weighted by atomic mass is 79.9. The minimum atomic E-state index is -0.126. The minimum absolute atomic E-state index is 0.0762. The van der Waals surface area contributed by atoms with Gasteiger partial charge in [-0.2, -0.15) is 0 Å². The van der Waals surface area contributed by atoms with Gasteiger partial charge in [0.05, 0.1) is 14.7 Å². The van der Waals surface area contributed by atoms with Crippen molar-refractivity contribution < 1.29 is 4.79 Å². The normalized spacial score (nSPS) is 12.4. The number of imidazole rings is 1. The average Bonchev–Trinajstić information content (AvgIpc) is 2.89. The lowest BCUT2D eigenvalue weighted by atomic mass is 10.3. The molecule has 0 aliphatic carbocycles. The number of nitrogens with one attached hydrogen (secondary N) is 2. The Labute approximate surface area is 112 Å². The maximum Gasteiger partial charge on any atom is 0.261 e. The van der Waals surface area contributed by atoms with E-state index in [4.69, 9.17) is 0 Å². The summed E-state index contributed by atoms with van der Waals surface area (Å²) in [5.41, 5.74) is 1.07. The third kappa shape index (κ3) is 2.76. The van der Waals surface area contributed by atoms with Gasteiger partial charge in [-0.05, 0) is 41.4 Å². The molecule has 2 N–H and O–H groups in total. The van der Waals surface area contributed by atoms with E-state index in [0.717, 1.165) is 15.2 Å². The summed E-state index contributed by atoms with van der Waals surface area (Å²) in [5.74, 6) is 0.679. The van der Waals surface area contributed by atoms with Crippen molar-refractivity contribution in [2.45, 2.75) is 19.9 Å². The van der Waals surface area contributed by atoms with Crippen molar-refractivity contribution in [3.05, 3.63) is 38.5 Å². The minimum Gasteiger partial charge on any atom is -0.347 e. The van der Waals surface area contributed by atoms with Crippen LogP contribution in [0.3, 0.4) is 0 Å². The van der Waals surface area contributed by atoms with Crippen molar-refractivity contribution in [2.24, 2.45) is 0 Å². The molecule has 0 aliphatic heterocycles. The van der Waals surface area contributed by atoms with Crippen molar-refractivity contribution >= 4 is 33.2 Å². The van der Waals surface area contributed by atoms with Gasteiger partial charge in [0, 0.05) is 12.4 Å². The first-order chi connectivity index (χ1) is 8.08. The van der Waals surface area contributed by atoms with Crippen molar-refractivity contribution in [2.75, 3.05) is 0 Å². The molecule has 2 rings (SSSR count). The Balaban J connectivity index is 2.07. The molecular weight excluding hydrogens is 302 g/mol. The van der Waals surface area contributed by atoms with E-state index in [1.54, 1.807) is 12.4 Å². The number of carbonyl (C=O) groups is 1. The summed E-state index contributed by atoms with van der Waals surface area (Å²) in [6.07, 6.45) is 3.41. The second kappa shape index (κ2) is 5.01. The molecule has 0 fully saturated rings. The lowest BCUT2D eigenvalue weighted by molar-refractivity contribution is 0.0942. The third-order valence-electron chi connectivity index (χ3n) is 2.36.